The van der Waals surface area contributed by atoms with Crippen LogP contribution < -0.4 is 4.90 Å². The molecule has 0 bridgehead atoms. The van der Waals surface area contributed by atoms with Crippen LogP contribution in [0.3, 0.4) is 0 Å². The van der Waals surface area contributed by atoms with E-state index in [0.717, 1.165) is 6.42 Å². The molecule has 0 heterocycles. The van der Waals surface area contributed by atoms with Gasteiger partial charge in [0.05, 0.1) is 0 Å². The van der Waals surface area contributed by atoms with E-state index in [1.54, 1.807) is 0 Å². The molecule has 1 aliphatic carbocycles. The summed E-state index contributed by atoms with van der Waals surface area (Å²) in [7, 11) is 4.15. The molecule has 0 radical (unpaired) electrons. The van der Waals surface area contributed by atoms with E-state index in [0.29, 0.717) is 0 Å². The molecule has 200 valence electrons. The summed E-state index contributed by atoms with van der Waals surface area (Å²) in [5.41, 5.74) is 6.76. The average Bonchev–Trinajstić information content (AvgIpc) is 3.51. The van der Waals surface area contributed by atoms with Gasteiger partial charge in [-0.3, -0.25) is 6.08 Å². The van der Waals surface area contributed by atoms with Crippen LogP contribution in [0.2, 0.25) is 0 Å². The predicted octanol–water partition coefficient (Wildman–Crippen LogP) is 9.57. The molecule has 0 saturated heterocycles. The van der Waals surface area contributed by atoms with Crippen molar-refractivity contribution in [3.05, 3.63) is 158 Å². The minimum absolute atomic E-state index is 0. The Hall–Kier alpha value is -3.22. The van der Waals surface area contributed by atoms with Crippen molar-refractivity contribution in [3.8, 4) is 0 Å². The second-order valence-electron chi connectivity index (χ2n) is 9.49. The number of anilines is 1. The van der Waals surface area contributed by atoms with E-state index >= 15 is 0 Å². The van der Waals surface area contributed by atoms with Gasteiger partial charge in [0.15, 0.2) is 0 Å². The van der Waals surface area contributed by atoms with Crippen LogP contribution in [0, 0.1) is 20.9 Å². The standard InChI is InChI=1S/C15H14N.C13H10.C7H9.2CH3.Zr/c1-16(2)13-7-8-15-12(10-13)9-11-5-3-4-6-14(11)15;1-3-7-12(8-4-1)11-13-9-5-2-6-10-13;1-6-4-3-5-7(6)2;;;/h3-10H,1-2H3;1-10H;4H,5H2,1-2H3;2*1H3;/q-1;;3*-1;. The molecular weight excluding hydrogens is 550 g/mol. The third-order valence-electron chi connectivity index (χ3n) is 6.60. The van der Waals surface area contributed by atoms with Gasteiger partial charge in [-0.2, -0.15) is 5.57 Å². The zero-order valence-electron chi connectivity index (χ0n) is 24.1. The fourth-order valence-electron chi connectivity index (χ4n) is 4.22. The Morgan fingerprint density at radius 2 is 1.26 bits per heavy atom. The average molecular weight is 589 g/mol. The number of hydrogen-bond donors (Lipinski definition) is 0. The number of nitrogens with zero attached hydrogens (tertiary/aromatic N) is 1. The normalized spacial score (nSPS) is 11.5. The SMILES string of the molecule is CC1=C(C)C[C-]=C1.CN(C)c1ccc2c(c1)[cH-]c1ccccc12.[CH3-].[CH3-].[Zr]=[C](c1ccccc1)c1ccccc1. The van der Waals surface area contributed by atoms with E-state index in [-0.39, 0.29) is 14.9 Å². The Bertz CT molecular complexity index is 1490. The molecular formula is C37H39NZr-4. The Labute approximate surface area is 251 Å². The van der Waals surface area contributed by atoms with Crippen LogP contribution in [-0.4, -0.2) is 17.3 Å². The van der Waals surface area contributed by atoms with E-state index in [4.69, 9.17) is 0 Å². The predicted molar refractivity (Wildman–Crippen MR) is 171 cm³/mol. The molecule has 1 aliphatic rings. The fraction of sp³-hybridized carbons (Fsp3) is 0.135. The van der Waals surface area contributed by atoms with Gasteiger partial charge >= 0.3 is 99.2 Å². The molecule has 2 heteroatoms. The maximum atomic E-state index is 3.12. The Morgan fingerprint density at radius 3 is 1.74 bits per heavy atom. The monoisotopic (exact) mass is 587 g/mol. The van der Waals surface area contributed by atoms with Crippen molar-refractivity contribution in [2.75, 3.05) is 19.0 Å². The van der Waals surface area contributed by atoms with E-state index in [1.807, 2.05) is 0 Å². The summed E-state index contributed by atoms with van der Waals surface area (Å²) >= 11 is 1.46. The molecule has 0 unspecified atom stereocenters. The van der Waals surface area contributed by atoms with E-state index in [9.17, 15) is 0 Å². The van der Waals surface area contributed by atoms with Crippen molar-refractivity contribution in [2.24, 2.45) is 0 Å². The van der Waals surface area contributed by atoms with E-state index < -0.39 is 0 Å². The summed E-state index contributed by atoms with van der Waals surface area (Å²) in [6.45, 7) is 4.27. The Morgan fingerprint density at radius 1 is 0.718 bits per heavy atom. The van der Waals surface area contributed by atoms with Gasteiger partial charge in [-0.05, 0) is 0 Å². The Kier molecular flexibility index (Phi) is 12.6. The number of fused-ring (bicyclic) bond motifs is 3. The van der Waals surface area contributed by atoms with Gasteiger partial charge in [-0.15, -0.1) is 47.0 Å². The van der Waals surface area contributed by atoms with Gasteiger partial charge in [-0.25, -0.2) is 11.6 Å². The van der Waals surface area contributed by atoms with Crippen molar-refractivity contribution in [3.63, 3.8) is 0 Å². The van der Waals surface area contributed by atoms with E-state index in [2.05, 4.69) is 154 Å². The molecule has 0 atom stereocenters. The molecule has 6 rings (SSSR count). The third-order valence-corrected chi connectivity index (χ3v) is 8.02. The summed E-state index contributed by atoms with van der Waals surface area (Å²) in [5, 5.41) is 5.35. The van der Waals surface area contributed by atoms with Crippen molar-refractivity contribution in [1.29, 1.82) is 0 Å². The minimum atomic E-state index is 0. The number of rotatable bonds is 3. The van der Waals surface area contributed by atoms with Crippen molar-refractivity contribution in [1.82, 2.24) is 0 Å². The third kappa shape index (κ3) is 8.38. The quantitative estimate of drug-likeness (QED) is 0.190. The zero-order chi connectivity index (χ0) is 26.2. The molecule has 1 nitrogen and oxygen atoms in total. The summed E-state index contributed by atoms with van der Waals surface area (Å²) < 4.78 is 1.42. The topological polar surface area (TPSA) is 3.24 Å². The molecule has 5 aromatic rings. The van der Waals surface area contributed by atoms with Crippen LogP contribution in [0.5, 0.6) is 0 Å². The Balaban J connectivity index is 0.000000214. The summed E-state index contributed by atoms with van der Waals surface area (Å²) in [6, 6.07) is 38.6. The second-order valence-corrected chi connectivity index (χ2v) is 10.7. The molecule has 0 aromatic heterocycles. The first-order valence-corrected chi connectivity index (χ1v) is 13.8. The first kappa shape index (κ1) is 32.0. The summed E-state index contributed by atoms with van der Waals surface area (Å²) in [5.74, 6) is 0. The number of benzene rings is 4. The van der Waals surface area contributed by atoms with Crippen LogP contribution in [0.1, 0.15) is 31.4 Å². The molecule has 39 heavy (non-hydrogen) atoms. The second kappa shape index (κ2) is 15.4. The van der Waals surface area contributed by atoms with Crippen molar-refractivity contribution >= 4 is 30.4 Å². The van der Waals surface area contributed by atoms with Crippen LogP contribution in [0.15, 0.2) is 126 Å². The summed E-state index contributed by atoms with van der Waals surface area (Å²) in [6.07, 6.45) is 6.22. The van der Waals surface area contributed by atoms with Gasteiger partial charge in [0.1, 0.15) is 0 Å². The fourth-order valence-corrected chi connectivity index (χ4v) is 5.04. The van der Waals surface area contributed by atoms with Gasteiger partial charge in [0.2, 0.25) is 0 Å². The molecule has 0 N–H and O–H groups in total. The molecule has 0 spiro atoms. The first-order chi connectivity index (χ1) is 17.9. The van der Waals surface area contributed by atoms with Crippen LogP contribution >= 0.6 is 0 Å². The number of allylic oxidation sites excluding steroid dienone is 4. The molecule has 0 amide bonds. The van der Waals surface area contributed by atoms with Crippen molar-refractivity contribution in [2.45, 2.75) is 20.3 Å². The van der Waals surface area contributed by atoms with Gasteiger partial charge in [-0.1, -0.05) is 43.3 Å². The van der Waals surface area contributed by atoms with Gasteiger partial charge < -0.3 is 19.8 Å². The van der Waals surface area contributed by atoms with Crippen molar-refractivity contribution < 1.29 is 24.2 Å². The molecule has 0 aliphatic heterocycles. The van der Waals surface area contributed by atoms with Gasteiger partial charge in [0, 0.05) is 19.8 Å². The van der Waals surface area contributed by atoms with Crippen LogP contribution in [0.25, 0.3) is 21.5 Å². The number of hydrogen-bond acceptors (Lipinski definition) is 1. The maximum absolute atomic E-state index is 3.12. The van der Waals surface area contributed by atoms with Crippen LogP contribution in [0.4, 0.5) is 5.69 Å². The van der Waals surface area contributed by atoms with Crippen LogP contribution in [-0.2, 0) is 24.2 Å². The zero-order valence-corrected chi connectivity index (χ0v) is 26.6. The molecule has 5 aromatic carbocycles. The summed E-state index contributed by atoms with van der Waals surface area (Å²) in [4.78, 5) is 2.14. The van der Waals surface area contributed by atoms with Gasteiger partial charge in [0.25, 0.3) is 0 Å². The first-order valence-electron chi connectivity index (χ1n) is 12.6. The molecule has 0 saturated carbocycles. The molecule has 0 fully saturated rings. The van der Waals surface area contributed by atoms with E-state index in [1.165, 1.54) is 76.9 Å².